The molecule has 0 N–H and O–H groups in total. The van der Waals surface area contributed by atoms with Gasteiger partial charge in [0.25, 0.3) is 0 Å². The van der Waals surface area contributed by atoms with Crippen LogP contribution in [0.25, 0.3) is 0 Å². The highest BCUT2D eigenvalue weighted by atomic mass is 79.9. The van der Waals surface area contributed by atoms with Crippen molar-refractivity contribution in [2.75, 3.05) is 0 Å². The molecule has 0 amide bonds. The molecule has 0 radical (unpaired) electrons. The molecule has 0 aliphatic carbocycles. The van der Waals surface area contributed by atoms with E-state index in [4.69, 9.17) is 0 Å². The van der Waals surface area contributed by atoms with Crippen molar-refractivity contribution in [3.8, 4) is 0 Å². The fraction of sp³-hybridized carbons (Fsp3) is 0.143. The van der Waals surface area contributed by atoms with E-state index in [-0.39, 0.29) is 0 Å². The first kappa shape index (κ1) is 8.62. The van der Waals surface area contributed by atoms with Gasteiger partial charge in [-0.2, -0.15) is 0 Å². The minimum absolute atomic E-state index is 0.965. The van der Waals surface area contributed by atoms with Gasteiger partial charge in [0, 0.05) is 13.8 Å². The van der Waals surface area contributed by atoms with Gasteiger partial charge in [-0.25, -0.2) is 0 Å². The summed E-state index contributed by atoms with van der Waals surface area (Å²) < 4.78 is 2.14. The molecule has 0 spiro atoms. The minimum atomic E-state index is 0.965. The van der Waals surface area contributed by atoms with Gasteiger partial charge in [-0.05, 0) is 40.5 Å². The summed E-state index contributed by atoms with van der Waals surface area (Å²) in [5, 5.41) is 0. The third-order valence-electron chi connectivity index (χ3n) is 1.20. The average Bonchev–Trinajstić information content (AvgIpc) is 1.82. The van der Waals surface area contributed by atoms with Crippen LogP contribution in [0.4, 0.5) is 0 Å². The van der Waals surface area contributed by atoms with Crippen LogP contribution in [0.2, 0.25) is 0 Å². The normalized spacial score (nSPS) is 10.0. The van der Waals surface area contributed by atoms with Gasteiger partial charge >= 0.3 is 0 Å². The van der Waals surface area contributed by atoms with E-state index in [0.29, 0.717) is 0 Å². The Hall–Kier alpha value is 0.530. The van der Waals surface area contributed by atoms with Crippen molar-refractivity contribution in [3.63, 3.8) is 0 Å². The summed E-state index contributed by atoms with van der Waals surface area (Å²) in [6, 6.07) is 4.00. The number of thiol groups is 1. The maximum absolute atomic E-state index is 4.26. The SMILES string of the molecule is Cc1cc(Br)cc(S)c1Br. The quantitative estimate of drug-likeness (QED) is 0.687. The lowest BCUT2D eigenvalue weighted by atomic mass is 10.2. The Morgan fingerprint density at radius 1 is 1.30 bits per heavy atom. The molecule has 1 rings (SSSR count). The molecule has 1 aromatic carbocycles. The summed E-state index contributed by atoms with van der Waals surface area (Å²) in [4.78, 5) is 0.965. The van der Waals surface area contributed by atoms with Gasteiger partial charge in [-0.3, -0.25) is 0 Å². The number of benzene rings is 1. The molecule has 0 saturated carbocycles. The summed E-state index contributed by atoms with van der Waals surface area (Å²) in [5.41, 5.74) is 1.19. The van der Waals surface area contributed by atoms with Crippen molar-refractivity contribution in [1.82, 2.24) is 0 Å². The predicted molar refractivity (Wildman–Crippen MR) is 53.8 cm³/mol. The van der Waals surface area contributed by atoms with Crippen molar-refractivity contribution in [1.29, 1.82) is 0 Å². The minimum Gasteiger partial charge on any atom is -0.142 e. The lowest BCUT2D eigenvalue weighted by Gasteiger charge is -2.01. The predicted octanol–water partition coefficient (Wildman–Crippen LogP) is 3.81. The second-order valence-electron chi connectivity index (χ2n) is 2.06. The fourth-order valence-corrected chi connectivity index (χ4v) is 2.00. The van der Waals surface area contributed by atoms with Crippen molar-refractivity contribution >= 4 is 44.5 Å². The molecule has 0 heterocycles. The van der Waals surface area contributed by atoms with Gasteiger partial charge < -0.3 is 0 Å². The summed E-state index contributed by atoms with van der Waals surface area (Å²) in [5.74, 6) is 0. The largest absolute Gasteiger partial charge is 0.142 e. The molecule has 10 heavy (non-hydrogen) atoms. The molecule has 3 heteroatoms. The maximum Gasteiger partial charge on any atom is 0.0338 e. The molecule has 1 aromatic rings. The smallest absolute Gasteiger partial charge is 0.0338 e. The van der Waals surface area contributed by atoms with E-state index in [1.54, 1.807) is 0 Å². The van der Waals surface area contributed by atoms with Crippen LogP contribution >= 0.6 is 44.5 Å². The summed E-state index contributed by atoms with van der Waals surface area (Å²) in [7, 11) is 0. The number of rotatable bonds is 0. The van der Waals surface area contributed by atoms with Crippen LogP contribution < -0.4 is 0 Å². The van der Waals surface area contributed by atoms with Crippen LogP contribution in [-0.2, 0) is 0 Å². The van der Waals surface area contributed by atoms with Crippen molar-refractivity contribution < 1.29 is 0 Å². The number of hydrogen-bond donors (Lipinski definition) is 1. The summed E-state index contributed by atoms with van der Waals surface area (Å²) in [6.45, 7) is 2.04. The molecular weight excluding hydrogens is 276 g/mol. The van der Waals surface area contributed by atoms with Crippen LogP contribution in [0.3, 0.4) is 0 Å². The van der Waals surface area contributed by atoms with E-state index in [0.717, 1.165) is 13.8 Å². The Morgan fingerprint density at radius 3 is 2.40 bits per heavy atom. The van der Waals surface area contributed by atoms with E-state index in [1.165, 1.54) is 5.56 Å². The van der Waals surface area contributed by atoms with Crippen LogP contribution in [0.1, 0.15) is 5.56 Å². The van der Waals surface area contributed by atoms with Crippen molar-refractivity contribution in [3.05, 3.63) is 26.6 Å². The Balaban J connectivity index is 3.31. The van der Waals surface area contributed by atoms with E-state index in [2.05, 4.69) is 44.5 Å². The summed E-state index contributed by atoms with van der Waals surface area (Å²) in [6.07, 6.45) is 0. The Morgan fingerprint density at radius 2 is 1.90 bits per heavy atom. The van der Waals surface area contributed by atoms with Crippen LogP contribution in [0, 0.1) is 6.92 Å². The van der Waals surface area contributed by atoms with E-state index in [1.807, 2.05) is 19.1 Å². The first-order valence-electron chi connectivity index (χ1n) is 2.76. The third kappa shape index (κ3) is 1.77. The van der Waals surface area contributed by atoms with Gasteiger partial charge in [0.05, 0.1) is 0 Å². The zero-order valence-corrected chi connectivity index (χ0v) is 9.42. The monoisotopic (exact) mass is 280 g/mol. The lowest BCUT2D eigenvalue weighted by Crippen LogP contribution is -1.77. The standard InChI is InChI=1S/C7H6Br2S/c1-4-2-5(8)3-6(10)7(4)9/h2-3,10H,1H3. The van der Waals surface area contributed by atoms with Crippen molar-refractivity contribution in [2.45, 2.75) is 11.8 Å². The highest BCUT2D eigenvalue weighted by molar-refractivity contribution is 9.11. The molecular formula is C7H6Br2S. The second-order valence-corrected chi connectivity index (χ2v) is 4.25. The van der Waals surface area contributed by atoms with Gasteiger partial charge in [0.1, 0.15) is 0 Å². The Kier molecular flexibility index (Phi) is 2.83. The zero-order valence-electron chi connectivity index (χ0n) is 5.36. The Labute approximate surface area is 82.7 Å². The van der Waals surface area contributed by atoms with Crippen LogP contribution in [0.15, 0.2) is 26.0 Å². The number of halogens is 2. The molecule has 0 aliphatic rings. The lowest BCUT2D eigenvalue weighted by molar-refractivity contribution is 1.30. The number of hydrogen-bond acceptors (Lipinski definition) is 1. The van der Waals surface area contributed by atoms with Gasteiger partial charge in [-0.1, -0.05) is 15.9 Å². The van der Waals surface area contributed by atoms with Gasteiger partial charge in [0.15, 0.2) is 0 Å². The topological polar surface area (TPSA) is 0 Å². The van der Waals surface area contributed by atoms with Gasteiger partial charge in [-0.15, -0.1) is 12.6 Å². The molecule has 0 nitrogen and oxygen atoms in total. The first-order chi connectivity index (χ1) is 4.61. The van der Waals surface area contributed by atoms with Gasteiger partial charge in [0.2, 0.25) is 0 Å². The van der Waals surface area contributed by atoms with E-state index >= 15 is 0 Å². The number of aryl methyl sites for hydroxylation is 1. The fourth-order valence-electron chi connectivity index (χ4n) is 0.708. The first-order valence-corrected chi connectivity index (χ1v) is 4.79. The Bertz CT molecular complexity index is 235. The molecule has 54 valence electrons. The second kappa shape index (κ2) is 3.28. The molecule has 0 unspecified atom stereocenters. The maximum atomic E-state index is 4.26. The highest BCUT2D eigenvalue weighted by Gasteiger charge is 1.99. The molecule has 0 aliphatic heterocycles. The van der Waals surface area contributed by atoms with E-state index in [9.17, 15) is 0 Å². The van der Waals surface area contributed by atoms with Crippen LogP contribution in [0.5, 0.6) is 0 Å². The molecule has 0 saturated heterocycles. The zero-order chi connectivity index (χ0) is 7.72. The average molecular weight is 282 g/mol. The third-order valence-corrected chi connectivity index (χ3v) is 3.37. The van der Waals surface area contributed by atoms with E-state index < -0.39 is 0 Å². The summed E-state index contributed by atoms with van der Waals surface area (Å²) >= 11 is 11.1. The molecule has 0 aromatic heterocycles. The molecule has 0 fully saturated rings. The van der Waals surface area contributed by atoms with Crippen molar-refractivity contribution in [2.24, 2.45) is 0 Å². The molecule has 0 bridgehead atoms. The van der Waals surface area contributed by atoms with Crippen LogP contribution in [-0.4, -0.2) is 0 Å². The highest BCUT2D eigenvalue weighted by Crippen LogP contribution is 2.28. The molecule has 0 atom stereocenters.